The fourth-order valence-corrected chi connectivity index (χ4v) is 16.3. The molecule has 0 aliphatic heterocycles. The zero-order chi connectivity index (χ0) is 80.1. The standard InChI is InChI=1S/C95H177N3O12/c1-9-13-17-21-25-37-49-62-84(66-53-41-29-33-45-57-76-105-90(99)70-61-80-106-91(100)82(5)6)86(64-51-39-27-23-19-15-11-3)68-55-43-31-35-47-59-78-109-94(103)97-88-71-73-89(74-72-88)98-95(104)110-79-60-48-36-32-44-56-69-87(65-52-40-28-24-20-16-12-4)85(63-50-38-26-22-18-14-10-2)67-54-42-30-34-46-58-77-108-93(102)96-75-81-107-92(101)83(7)8/h84-89H,5,7,9-81H2,1-4,6,8H3,(H,96,102)(H,97,103)(H,98,104). The summed E-state index contributed by atoms with van der Waals surface area (Å²) in [6, 6.07) is 0.135. The molecular weight excluding hydrogens is 1380 g/mol. The minimum Gasteiger partial charge on any atom is -0.466 e. The predicted molar refractivity (Wildman–Crippen MR) is 460 cm³/mol. The lowest BCUT2D eigenvalue weighted by Crippen LogP contribution is -2.44. The number of unbranched alkanes of at least 4 members (excludes halogenated alkanes) is 44. The highest BCUT2D eigenvalue weighted by atomic mass is 16.6. The van der Waals surface area contributed by atoms with Crippen molar-refractivity contribution >= 4 is 36.2 Å². The molecule has 0 spiro atoms. The maximum atomic E-state index is 12.9. The maximum absolute atomic E-state index is 12.9. The lowest BCUT2D eigenvalue weighted by atomic mass is 9.78. The van der Waals surface area contributed by atoms with Crippen LogP contribution in [0.3, 0.4) is 0 Å². The number of esters is 3. The van der Waals surface area contributed by atoms with Gasteiger partial charge < -0.3 is 44.4 Å². The Labute approximate surface area is 677 Å². The zero-order valence-corrected chi connectivity index (χ0v) is 72.9. The van der Waals surface area contributed by atoms with E-state index in [1.54, 1.807) is 13.8 Å². The van der Waals surface area contributed by atoms with Crippen LogP contribution < -0.4 is 16.0 Å². The second-order valence-electron chi connectivity index (χ2n) is 33.6. The molecule has 1 fully saturated rings. The number of nitrogens with one attached hydrogen (secondary N) is 3. The van der Waals surface area contributed by atoms with E-state index in [1.165, 1.54) is 327 Å². The number of alkyl carbamates (subject to hydrolysis) is 3. The molecule has 15 heteroatoms. The Hall–Kier alpha value is -4.30. The third kappa shape index (κ3) is 67.1. The van der Waals surface area contributed by atoms with Crippen molar-refractivity contribution in [3.8, 4) is 0 Å². The van der Waals surface area contributed by atoms with Gasteiger partial charge in [-0.15, -0.1) is 0 Å². The third-order valence-corrected chi connectivity index (χ3v) is 23.3. The molecule has 0 aromatic carbocycles. The molecule has 0 bridgehead atoms. The number of amides is 3. The topological polar surface area (TPSA) is 194 Å². The van der Waals surface area contributed by atoms with Crippen molar-refractivity contribution in [3.63, 3.8) is 0 Å². The molecule has 1 aliphatic carbocycles. The second kappa shape index (κ2) is 78.6. The number of carbonyl (C=O) groups excluding carboxylic acids is 6. The summed E-state index contributed by atoms with van der Waals surface area (Å²) >= 11 is 0. The van der Waals surface area contributed by atoms with Gasteiger partial charge in [0.15, 0.2) is 0 Å². The van der Waals surface area contributed by atoms with Gasteiger partial charge in [-0.3, -0.25) is 4.79 Å². The molecular formula is C95H177N3O12. The van der Waals surface area contributed by atoms with Gasteiger partial charge in [0.2, 0.25) is 0 Å². The molecule has 0 aromatic heterocycles. The van der Waals surface area contributed by atoms with Crippen molar-refractivity contribution in [1.82, 2.24) is 16.0 Å². The van der Waals surface area contributed by atoms with E-state index < -0.39 is 18.0 Å². The van der Waals surface area contributed by atoms with E-state index in [0.29, 0.717) is 44.0 Å². The molecule has 110 heavy (non-hydrogen) atoms. The van der Waals surface area contributed by atoms with Crippen LogP contribution in [0, 0.1) is 23.7 Å². The minimum absolute atomic E-state index is 0.0672. The largest absolute Gasteiger partial charge is 0.466 e. The van der Waals surface area contributed by atoms with Gasteiger partial charge in [0, 0.05) is 29.7 Å². The first kappa shape index (κ1) is 104. The Morgan fingerprint density at radius 2 is 0.491 bits per heavy atom. The Morgan fingerprint density at radius 1 is 0.273 bits per heavy atom. The normalized spacial score (nSPS) is 14.6. The Balaban J connectivity index is 2.50. The van der Waals surface area contributed by atoms with Gasteiger partial charge in [-0.25, -0.2) is 24.0 Å². The SMILES string of the molecule is C=C(C)C(=O)OCCCC(=O)OCCCCCCCCC(CCCCCCCCC)C(CCCCCCCCC)CCCCCCCCOC(=O)NC1CCC(NC(=O)OCCCCCCCCC(CCCCCCCCC)C(CCCCCCCCC)CCCCCCCCOC(=O)NCCOC(=O)C(=C)C)CC1. The van der Waals surface area contributed by atoms with Crippen molar-refractivity contribution in [1.29, 1.82) is 0 Å². The van der Waals surface area contributed by atoms with Gasteiger partial charge in [0.25, 0.3) is 0 Å². The van der Waals surface area contributed by atoms with Gasteiger partial charge in [-0.2, -0.15) is 0 Å². The number of carbonyl (C=O) groups is 6. The van der Waals surface area contributed by atoms with Crippen LogP contribution in [0.15, 0.2) is 24.3 Å². The van der Waals surface area contributed by atoms with Gasteiger partial charge >= 0.3 is 36.2 Å². The molecule has 1 rings (SSSR count). The van der Waals surface area contributed by atoms with E-state index in [2.05, 4.69) is 56.8 Å². The minimum atomic E-state index is -0.468. The molecule has 1 aliphatic rings. The van der Waals surface area contributed by atoms with E-state index in [9.17, 15) is 28.8 Å². The average molecular weight is 1550 g/mol. The van der Waals surface area contributed by atoms with E-state index >= 15 is 0 Å². The van der Waals surface area contributed by atoms with Crippen LogP contribution in [0.2, 0.25) is 0 Å². The molecule has 3 amide bonds. The highest BCUT2D eigenvalue weighted by Gasteiger charge is 2.26. The summed E-state index contributed by atoms with van der Waals surface area (Å²) in [6.07, 6.45) is 80.2. The molecule has 0 saturated heterocycles. The first-order valence-electron chi connectivity index (χ1n) is 47.3. The Bertz CT molecular complexity index is 2020. The summed E-state index contributed by atoms with van der Waals surface area (Å²) in [5, 5.41) is 8.87. The summed E-state index contributed by atoms with van der Waals surface area (Å²) in [7, 11) is 0. The molecule has 0 radical (unpaired) electrons. The van der Waals surface area contributed by atoms with Crippen LogP contribution >= 0.6 is 0 Å². The fourth-order valence-electron chi connectivity index (χ4n) is 16.3. The lowest BCUT2D eigenvalue weighted by molar-refractivity contribution is -0.146. The Kier molecular flexibility index (Phi) is 74.1. The van der Waals surface area contributed by atoms with Crippen LogP contribution in [0.4, 0.5) is 14.4 Å². The van der Waals surface area contributed by atoms with E-state index in [0.717, 1.165) is 107 Å². The summed E-state index contributed by atoms with van der Waals surface area (Å²) in [5.74, 6) is 2.22. The predicted octanol–water partition coefficient (Wildman–Crippen LogP) is 28.0. The molecule has 15 nitrogen and oxygen atoms in total. The maximum Gasteiger partial charge on any atom is 0.407 e. The fraction of sp³-hybridized carbons (Fsp3) is 0.895. The lowest BCUT2D eigenvalue weighted by Gasteiger charge is -2.29. The van der Waals surface area contributed by atoms with Crippen molar-refractivity contribution in [2.24, 2.45) is 23.7 Å². The summed E-state index contributed by atoms with van der Waals surface area (Å²) < 4.78 is 32.3. The van der Waals surface area contributed by atoms with Crippen LogP contribution in [-0.4, -0.2) is 94.5 Å². The van der Waals surface area contributed by atoms with Crippen LogP contribution in [0.5, 0.6) is 0 Å². The number of hydrogen-bond donors (Lipinski definition) is 3. The van der Waals surface area contributed by atoms with Gasteiger partial charge in [0.05, 0.1) is 39.6 Å². The summed E-state index contributed by atoms with van der Waals surface area (Å²) in [4.78, 5) is 73.1. The first-order valence-corrected chi connectivity index (χ1v) is 47.3. The summed E-state index contributed by atoms with van der Waals surface area (Å²) in [5.41, 5.74) is 0.704. The highest BCUT2D eigenvalue weighted by Crippen LogP contribution is 2.36. The summed E-state index contributed by atoms with van der Waals surface area (Å²) in [6.45, 7) is 21.9. The number of hydrogen-bond acceptors (Lipinski definition) is 12. The van der Waals surface area contributed by atoms with E-state index in [1.807, 2.05) is 0 Å². The first-order chi connectivity index (χ1) is 53.7. The van der Waals surface area contributed by atoms with Crippen molar-refractivity contribution < 1.29 is 57.2 Å². The van der Waals surface area contributed by atoms with Gasteiger partial charge in [-0.05, 0) is 95.3 Å². The molecule has 0 aromatic rings. The van der Waals surface area contributed by atoms with E-state index in [4.69, 9.17) is 28.4 Å². The van der Waals surface area contributed by atoms with Gasteiger partial charge in [-0.1, -0.05) is 400 Å². The molecule has 644 valence electrons. The van der Waals surface area contributed by atoms with E-state index in [-0.39, 0.29) is 56.4 Å². The van der Waals surface area contributed by atoms with Crippen molar-refractivity contribution in [3.05, 3.63) is 24.3 Å². The second-order valence-corrected chi connectivity index (χ2v) is 33.6. The third-order valence-electron chi connectivity index (χ3n) is 23.3. The molecule has 1 saturated carbocycles. The van der Waals surface area contributed by atoms with Gasteiger partial charge in [0.1, 0.15) is 6.61 Å². The van der Waals surface area contributed by atoms with Crippen LogP contribution in [-0.2, 0) is 42.8 Å². The smallest absolute Gasteiger partial charge is 0.407 e. The van der Waals surface area contributed by atoms with Crippen molar-refractivity contribution in [2.45, 2.75) is 477 Å². The zero-order valence-electron chi connectivity index (χ0n) is 72.9. The van der Waals surface area contributed by atoms with Crippen LogP contribution in [0.25, 0.3) is 0 Å². The number of ether oxygens (including phenoxy) is 6. The molecule has 4 unspecified atom stereocenters. The average Bonchev–Trinajstić information content (AvgIpc) is 0.904. The number of rotatable bonds is 81. The van der Waals surface area contributed by atoms with Crippen LogP contribution in [0.1, 0.15) is 465 Å². The molecule has 4 atom stereocenters. The monoisotopic (exact) mass is 1550 g/mol. The quantitative estimate of drug-likeness (QED) is 0.0226. The highest BCUT2D eigenvalue weighted by molar-refractivity contribution is 5.87. The Morgan fingerprint density at radius 3 is 0.755 bits per heavy atom. The van der Waals surface area contributed by atoms with Crippen molar-refractivity contribution in [2.75, 3.05) is 46.2 Å². The molecule has 0 heterocycles. The molecule has 3 N–H and O–H groups in total.